The molecule has 0 bridgehead atoms. The maximum Gasteiger partial charge on any atom is 0.337 e. The van der Waals surface area contributed by atoms with Crippen molar-refractivity contribution in [2.75, 3.05) is 18.5 Å². The van der Waals surface area contributed by atoms with Gasteiger partial charge in [0.1, 0.15) is 5.75 Å². The molecule has 0 spiro atoms. The molecule has 0 atom stereocenters. The molecule has 4 nitrogen and oxygen atoms in total. The Labute approximate surface area is 143 Å². The molecule has 0 heterocycles. The molecule has 0 aliphatic rings. The summed E-state index contributed by atoms with van der Waals surface area (Å²) in [7, 11) is 0. The number of aromatic carboxylic acids is 1. The highest BCUT2D eigenvalue weighted by Gasteiger charge is 2.09. The van der Waals surface area contributed by atoms with Gasteiger partial charge in [0.15, 0.2) is 0 Å². The lowest BCUT2D eigenvalue weighted by atomic mass is 10.1. The van der Waals surface area contributed by atoms with Gasteiger partial charge in [0.05, 0.1) is 12.2 Å². The van der Waals surface area contributed by atoms with E-state index in [1.807, 2.05) is 25.1 Å². The topological polar surface area (TPSA) is 58.6 Å². The van der Waals surface area contributed by atoms with Crippen LogP contribution in [-0.2, 0) is 0 Å². The Hall–Kier alpha value is -2.49. The van der Waals surface area contributed by atoms with Crippen molar-refractivity contribution in [3.63, 3.8) is 0 Å². The number of hydrogen-bond acceptors (Lipinski definition) is 3. The molecule has 0 saturated carbocycles. The van der Waals surface area contributed by atoms with Crippen molar-refractivity contribution in [3.8, 4) is 5.75 Å². The van der Waals surface area contributed by atoms with Gasteiger partial charge in [-0.15, -0.1) is 0 Å². The van der Waals surface area contributed by atoms with Gasteiger partial charge in [-0.3, -0.25) is 0 Å². The molecule has 0 aliphatic heterocycles. The number of ether oxygens (including phenoxy) is 1. The lowest BCUT2D eigenvalue weighted by molar-refractivity contribution is 0.0698. The Bertz CT molecular complexity index is 710. The van der Waals surface area contributed by atoms with Crippen LogP contribution in [0.15, 0.2) is 36.4 Å². The Balaban J connectivity index is 1.73. The highest BCUT2D eigenvalue weighted by molar-refractivity contribution is 5.94. The Morgan fingerprint density at radius 2 is 1.83 bits per heavy atom. The minimum Gasteiger partial charge on any atom is -0.494 e. The average Bonchev–Trinajstić information content (AvgIpc) is 2.55. The Morgan fingerprint density at radius 1 is 1.04 bits per heavy atom. The van der Waals surface area contributed by atoms with Crippen LogP contribution in [0.1, 0.15) is 39.9 Å². The van der Waals surface area contributed by atoms with Gasteiger partial charge in [0, 0.05) is 12.2 Å². The summed E-state index contributed by atoms with van der Waals surface area (Å²) >= 11 is 0. The van der Waals surface area contributed by atoms with Crippen LogP contribution in [-0.4, -0.2) is 24.2 Å². The number of aryl methyl sites for hydroxylation is 3. The summed E-state index contributed by atoms with van der Waals surface area (Å²) < 4.78 is 5.75. The second kappa shape index (κ2) is 8.39. The summed E-state index contributed by atoms with van der Waals surface area (Å²) in [6, 6.07) is 11.5. The molecule has 0 radical (unpaired) electrons. The second-order valence-electron chi connectivity index (χ2n) is 6.08. The highest BCUT2D eigenvalue weighted by Crippen LogP contribution is 2.18. The fraction of sp³-hybridized carbons (Fsp3) is 0.350. The second-order valence-corrected chi connectivity index (χ2v) is 6.08. The van der Waals surface area contributed by atoms with Gasteiger partial charge in [0.2, 0.25) is 0 Å². The number of carboxylic acid groups (broad SMARTS) is 1. The van der Waals surface area contributed by atoms with Gasteiger partial charge in [0.25, 0.3) is 0 Å². The van der Waals surface area contributed by atoms with Crippen LogP contribution >= 0.6 is 0 Å². The molecule has 2 N–H and O–H groups in total. The van der Waals surface area contributed by atoms with Crippen LogP contribution in [0, 0.1) is 20.8 Å². The predicted octanol–water partition coefficient (Wildman–Crippen LogP) is 4.58. The van der Waals surface area contributed by atoms with Gasteiger partial charge in [-0.25, -0.2) is 4.79 Å². The molecule has 0 unspecified atom stereocenters. The lowest BCUT2D eigenvalue weighted by Crippen LogP contribution is -2.09. The zero-order chi connectivity index (χ0) is 17.5. The van der Waals surface area contributed by atoms with Gasteiger partial charge in [-0.2, -0.15) is 0 Å². The van der Waals surface area contributed by atoms with Crippen LogP contribution < -0.4 is 10.1 Å². The number of rotatable bonds is 8. The molecule has 0 aromatic heterocycles. The third-order valence-electron chi connectivity index (χ3n) is 4.04. The Morgan fingerprint density at radius 3 is 2.54 bits per heavy atom. The van der Waals surface area contributed by atoms with Gasteiger partial charge < -0.3 is 15.2 Å². The van der Waals surface area contributed by atoms with Crippen LogP contribution in [0.4, 0.5) is 5.69 Å². The maximum absolute atomic E-state index is 11.3. The molecule has 2 aromatic rings. The molecule has 0 amide bonds. The van der Waals surface area contributed by atoms with E-state index in [9.17, 15) is 9.90 Å². The third-order valence-corrected chi connectivity index (χ3v) is 4.04. The molecular weight excluding hydrogens is 302 g/mol. The van der Waals surface area contributed by atoms with Crippen molar-refractivity contribution < 1.29 is 14.6 Å². The van der Waals surface area contributed by atoms with Crippen molar-refractivity contribution in [1.82, 2.24) is 0 Å². The largest absolute Gasteiger partial charge is 0.494 e. The fourth-order valence-electron chi connectivity index (χ4n) is 2.43. The fourth-order valence-corrected chi connectivity index (χ4v) is 2.43. The lowest BCUT2D eigenvalue weighted by Gasteiger charge is -2.11. The smallest absolute Gasteiger partial charge is 0.337 e. The summed E-state index contributed by atoms with van der Waals surface area (Å²) in [6.45, 7) is 7.43. The van der Waals surface area contributed by atoms with E-state index in [0.29, 0.717) is 17.9 Å². The van der Waals surface area contributed by atoms with E-state index >= 15 is 0 Å². The van der Waals surface area contributed by atoms with E-state index in [0.717, 1.165) is 30.7 Å². The van der Waals surface area contributed by atoms with E-state index in [-0.39, 0.29) is 0 Å². The normalized spacial score (nSPS) is 10.5. The van der Waals surface area contributed by atoms with Gasteiger partial charge in [-0.05, 0) is 69.0 Å². The number of hydrogen-bond donors (Lipinski definition) is 2. The molecule has 24 heavy (non-hydrogen) atoms. The van der Waals surface area contributed by atoms with E-state index in [2.05, 4.69) is 31.3 Å². The van der Waals surface area contributed by atoms with E-state index < -0.39 is 5.97 Å². The molecule has 2 rings (SSSR count). The zero-order valence-corrected chi connectivity index (χ0v) is 14.6. The first-order valence-corrected chi connectivity index (χ1v) is 8.25. The number of carboxylic acids is 1. The van der Waals surface area contributed by atoms with Gasteiger partial charge in [-0.1, -0.05) is 17.7 Å². The minimum atomic E-state index is -0.903. The van der Waals surface area contributed by atoms with Gasteiger partial charge >= 0.3 is 5.97 Å². The molecule has 0 aliphatic carbocycles. The average molecular weight is 327 g/mol. The minimum absolute atomic E-state index is 0.321. The van der Waals surface area contributed by atoms with Crippen molar-refractivity contribution in [1.29, 1.82) is 0 Å². The van der Waals surface area contributed by atoms with E-state index in [4.69, 9.17) is 4.74 Å². The summed E-state index contributed by atoms with van der Waals surface area (Å²) in [5, 5.41) is 12.4. The van der Waals surface area contributed by atoms with Crippen LogP contribution in [0.5, 0.6) is 5.75 Å². The quantitative estimate of drug-likeness (QED) is 0.697. The van der Waals surface area contributed by atoms with Crippen LogP contribution in [0.3, 0.4) is 0 Å². The van der Waals surface area contributed by atoms with Crippen LogP contribution in [0.2, 0.25) is 0 Å². The molecule has 128 valence electrons. The number of benzene rings is 2. The van der Waals surface area contributed by atoms with E-state index in [1.165, 1.54) is 11.1 Å². The Kier molecular flexibility index (Phi) is 6.24. The summed E-state index contributed by atoms with van der Waals surface area (Å²) in [4.78, 5) is 11.3. The summed E-state index contributed by atoms with van der Waals surface area (Å²) in [5.74, 6) is -0.00275. The number of carbonyl (C=O) groups is 1. The number of unbranched alkanes of at least 4 members (excludes halogenated alkanes) is 1. The van der Waals surface area contributed by atoms with Crippen molar-refractivity contribution in [2.45, 2.75) is 33.6 Å². The van der Waals surface area contributed by atoms with Crippen molar-refractivity contribution in [3.05, 3.63) is 58.7 Å². The molecule has 0 fully saturated rings. The number of nitrogens with one attached hydrogen (secondary N) is 1. The molecule has 2 aromatic carbocycles. The standard InChI is InChI=1S/C20H25NO3/c1-14-6-9-19(18(12-14)20(22)23)21-10-4-5-11-24-17-8-7-15(2)16(3)13-17/h6-9,12-13,21H,4-5,10-11H2,1-3H3,(H,22,23). The first kappa shape index (κ1) is 17.9. The predicted molar refractivity (Wildman–Crippen MR) is 97.3 cm³/mol. The molecular formula is C20H25NO3. The molecule has 0 saturated heterocycles. The van der Waals surface area contributed by atoms with Crippen LogP contribution in [0.25, 0.3) is 0 Å². The number of anilines is 1. The molecule has 4 heteroatoms. The highest BCUT2D eigenvalue weighted by atomic mass is 16.5. The first-order chi connectivity index (χ1) is 11.5. The summed E-state index contributed by atoms with van der Waals surface area (Å²) in [5.41, 5.74) is 4.43. The third kappa shape index (κ3) is 5.01. The van der Waals surface area contributed by atoms with Crippen molar-refractivity contribution >= 4 is 11.7 Å². The maximum atomic E-state index is 11.3. The zero-order valence-electron chi connectivity index (χ0n) is 14.6. The monoisotopic (exact) mass is 327 g/mol. The first-order valence-electron chi connectivity index (χ1n) is 8.25. The SMILES string of the molecule is Cc1ccc(NCCCCOc2ccc(C)c(C)c2)c(C(=O)O)c1. The van der Waals surface area contributed by atoms with E-state index in [1.54, 1.807) is 6.07 Å². The summed E-state index contributed by atoms with van der Waals surface area (Å²) in [6.07, 6.45) is 1.83. The van der Waals surface area contributed by atoms with Crippen molar-refractivity contribution in [2.24, 2.45) is 0 Å².